The molecule has 0 bridgehead atoms. The molecule has 118 valence electrons. The second-order valence-corrected chi connectivity index (χ2v) is 6.53. The van der Waals surface area contributed by atoms with Crippen LogP contribution in [0.15, 0.2) is 0 Å². The maximum Gasteiger partial charge on any atom is 0.317 e. The average molecular weight is 284 g/mol. The summed E-state index contributed by atoms with van der Waals surface area (Å²) in [5.41, 5.74) is 0. The number of aliphatic hydroxyl groups is 1. The van der Waals surface area contributed by atoms with Gasteiger partial charge in [0.15, 0.2) is 0 Å². The van der Waals surface area contributed by atoms with Gasteiger partial charge in [0.2, 0.25) is 0 Å². The number of carbonyl (C=O) groups is 1. The molecule has 2 N–H and O–H groups in total. The van der Waals surface area contributed by atoms with Crippen molar-refractivity contribution in [3.05, 3.63) is 0 Å². The van der Waals surface area contributed by atoms with Gasteiger partial charge >= 0.3 is 6.03 Å². The quantitative estimate of drug-likeness (QED) is 0.754. The van der Waals surface area contributed by atoms with E-state index in [1.54, 1.807) is 0 Å². The highest BCUT2D eigenvalue weighted by Gasteiger charge is 2.27. The third kappa shape index (κ3) is 6.12. The van der Waals surface area contributed by atoms with E-state index in [-0.39, 0.29) is 18.7 Å². The molecule has 0 spiro atoms. The molecule has 1 saturated heterocycles. The molecule has 0 saturated carbocycles. The van der Waals surface area contributed by atoms with E-state index in [0.717, 1.165) is 38.6 Å². The van der Waals surface area contributed by atoms with Gasteiger partial charge in [0, 0.05) is 25.2 Å². The van der Waals surface area contributed by atoms with Gasteiger partial charge in [-0.15, -0.1) is 0 Å². The molecule has 1 aliphatic heterocycles. The lowest BCUT2D eigenvalue weighted by atomic mass is 9.95. The number of hydrogen-bond donors (Lipinski definition) is 2. The lowest BCUT2D eigenvalue weighted by Crippen LogP contribution is -2.50. The van der Waals surface area contributed by atoms with E-state index < -0.39 is 0 Å². The Bertz CT molecular complexity index is 282. The number of aliphatic hydroxyl groups excluding tert-OH is 1. The van der Waals surface area contributed by atoms with Crippen LogP contribution < -0.4 is 5.32 Å². The Balaban J connectivity index is 2.45. The van der Waals surface area contributed by atoms with Crippen LogP contribution in [0, 0.1) is 5.92 Å². The van der Waals surface area contributed by atoms with Gasteiger partial charge < -0.3 is 15.3 Å². The second-order valence-electron chi connectivity index (χ2n) is 6.53. The van der Waals surface area contributed by atoms with Gasteiger partial charge in [-0.1, -0.05) is 13.8 Å². The van der Waals surface area contributed by atoms with E-state index in [9.17, 15) is 4.79 Å². The molecule has 1 aliphatic rings. The van der Waals surface area contributed by atoms with E-state index in [0.29, 0.717) is 12.0 Å². The standard InChI is InChI=1S/C16H32N2O2/c1-13(2)9-10-15-8-4-5-11-18(15)16(20)17-14(3)7-6-12-19/h13-15,19H,4-12H2,1-3H3,(H,17,20). The Labute approximate surface area is 123 Å². The molecular weight excluding hydrogens is 252 g/mol. The zero-order valence-electron chi connectivity index (χ0n) is 13.4. The van der Waals surface area contributed by atoms with Crippen molar-refractivity contribution in [2.45, 2.75) is 77.8 Å². The van der Waals surface area contributed by atoms with Crippen molar-refractivity contribution in [3.8, 4) is 0 Å². The molecule has 0 aromatic carbocycles. The molecule has 1 heterocycles. The molecule has 0 aromatic rings. The first-order chi connectivity index (χ1) is 9.54. The lowest BCUT2D eigenvalue weighted by Gasteiger charge is -2.37. The number of likely N-dealkylation sites (tertiary alicyclic amines) is 1. The van der Waals surface area contributed by atoms with Crippen LogP contribution in [0.25, 0.3) is 0 Å². The van der Waals surface area contributed by atoms with Crippen LogP contribution in [-0.4, -0.2) is 41.3 Å². The first-order valence-corrected chi connectivity index (χ1v) is 8.22. The van der Waals surface area contributed by atoms with Crippen LogP contribution in [-0.2, 0) is 0 Å². The number of amides is 2. The molecule has 4 nitrogen and oxygen atoms in total. The highest BCUT2D eigenvalue weighted by molar-refractivity contribution is 5.75. The zero-order chi connectivity index (χ0) is 15.0. The fourth-order valence-electron chi connectivity index (χ4n) is 2.86. The minimum Gasteiger partial charge on any atom is -0.396 e. The molecule has 0 radical (unpaired) electrons. The molecule has 2 amide bonds. The summed E-state index contributed by atoms with van der Waals surface area (Å²) in [6, 6.07) is 0.641. The van der Waals surface area contributed by atoms with E-state index in [2.05, 4.69) is 19.2 Å². The molecule has 4 heteroatoms. The smallest absolute Gasteiger partial charge is 0.317 e. The van der Waals surface area contributed by atoms with Gasteiger partial charge in [0.25, 0.3) is 0 Å². The minimum atomic E-state index is 0.0869. The molecule has 2 atom stereocenters. The monoisotopic (exact) mass is 284 g/mol. The van der Waals surface area contributed by atoms with E-state index in [1.807, 2.05) is 11.8 Å². The van der Waals surface area contributed by atoms with Crippen molar-refractivity contribution in [1.82, 2.24) is 10.2 Å². The van der Waals surface area contributed by atoms with Crippen LogP contribution in [0.4, 0.5) is 4.79 Å². The predicted molar refractivity (Wildman–Crippen MR) is 82.7 cm³/mol. The summed E-state index contributed by atoms with van der Waals surface area (Å²) >= 11 is 0. The number of hydrogen-bond acceptors (Lipinski definition) is 2. The maximum atomic E-state index is 12.4. The summed E-state index contributed by atoms with van der Waals surface area (Å²) in [6.07, 6.45) is 7.41. The molecule has 20 heavy (non-hydrogen) atoms. The number of carbonyl (C=O) groups excluding carboxylic acids is 1. The number of rotatable bonds is 7. The summed E-state index contributed by atoms with van der Waals surface area (Å²) in [7, 11) is 0. The Morgan fingerprint density at radius 2 is 2.05 bits per heavy atom. The van der Waals surface area contributed by atoms with Gasteiger partial charge in [0.05, 0.1) is 0 Å². The van der Waals surface area contributed by atoms with Crippen LogP contribution in [0.5, 0.6) is 0 Å². The topological polar surface area (TPSA) is 52.6 Å². The summed E-state index contributed by atoms with van der Waals surface area (Å²) in [5.74, 6) is 0.699. The molecule has 2 unspecified atom stereocenters. The molecule has 0 aliphatic carbocycles. The van der Waals surface area contributed by atoms with Crippen LogP contribution in [0.1, 0.15) is 65.7 Å². The van der Waals surface area contributed by atoms with Crippen LogP contribution in [0.2, 0.25) is 0 Å². The largest absolute Gasteiger partial charge is 0.396 e. The molecule has 1 rings (SSSR count). The fraction of sp³-hybridized carbons (Fsp3) is 0.938. The summed E-state index contributed by atoms with van der Waals surface area (Å²) in [6.45, 7) is 7.58. The number of urea groups is 1. The van der Waals surface area contributed by atoms with Gasteiger partial charge in [-0.05, 0) is 57.8 Å². The third-order valence-electron chi connectivity index (χ3n) is 4.13. The average Bonchev–Trinajstić information content (AvgIpc) is 2.43. The Kier molecular flexibility index (Phi) is 7.97. The predicted octanol–water partition coefficient (Wildman–Crippen LogP) is 3.15. The van der Waals surface area contributed by atoms with Gasteiger partial charge in [-0.2, -0.15) is 0 Å². The van der Waals surface area contributed by atoms with E-state index in [4.69, 9.17) is 5.11 Å². The SMILES string of the molecule is CC(C)CCC1CCCCN1C(=O)NC(C)CCCO. The first-order valence-electron chi connectivity index (χ1n) is 8.22. The summed E-state index contributed by atoms with van der Waals surface area (Å²) < 4.78 is 0. The maximum absolute atomic E-state index is 12.4. The van der Waals surface area contributed by atoms with Crippen molar-refractivity contribution < 1.29 is 9.90 Å². The van der Waals surface area contributed by atoms with Crippen molar-refractivity contribution in [2.75, 3.05) is 13.2 Å². The van der Waals surface area contributed by atoms with Crippen molar-refractivity contribution in [1.29, 1.82) is 0 Å². The zero-order valence-corrected chi connectivity index (χ0v) is 13.4. The Morgan fingerprint density at radius 3 is 2.70 bits per heavy atom. The van der Waals surface area contributed by atoms with Crippen LogP contribution in [0.3, 0.4) is 0 Å². The van der Waals surface area contributed by atoms with Crippen molar-refractivity contribution >= 4 is 6.03 Å². The van der Waals surface area contributed by atoms with Crippen molar-refractivity contribution in [2.24, 2.45) is 5.92 Å². The van der Waals surface area contributed by atoms with Gasteiger partial charge in [-0.3, -0.25) is 0 Å². The fourth-order valence-corrected chi connectivity index (χ4v) is 2.86. The third-order valence-corrected chi connectivity index (χ3v) is 4.13. The van der Waals surface area contributed by atoms with Crippen LogP contribution >= 0.6 is 0 Å². The molecule has 1 fully saturated rings. The van der Waals surface area contributed by atoms with E-state index >= 15 is 0 Å². The van der Waals surface area contributed by atoms with Gasteiger partial charge in [0.1, 0.15) is 0 Å². The highest BCUT2D eigenvalue weighted by atomic mass is 16.3. The summed E-state index contributed by atoms with van der Waals surface area (Å²) in [4.78, 5) is 14.4. The minimum absolute atomic E-state index is 0.0869. The molecular formula is C16H32N2O2. The molecule has 0 aromatic heterocycles. The van der Waals surface area contributed by atoms with E-state index in [1.165, 1.54) is 12.8 Å². The lowest BCUT2D eigenvalue weighted by molar-refractivity contribution is 0.140. The Hall–Kier alpha value is -0.770. The Morgan fingerprint density at radius 1 is 1.30 bits per heavy atom. The van der Waals surface area contributed by atoms with Gasteiger partial charge in [-0.25, -0.2) is 4.79 Å². The highest BCUT2D eigenvalue weighted by Crippen LogP contribution is 2.22. The first kappa shape index (κ1) is 17.3. The number of piperidine rings is 1. The normalized spacial score (nSPS) is 21.1. The number of nitrogens with zero attached hydrogens (tertiary/aromatic N) is 1. The summed E-state index contributed by atoms with van der Waals surface area (Å²) in [5, 5.41) is 11.9. The second kappa shape index (κ2) is 9.22. The van der Waals surface area contributed by atoms with Crippen molar-refractivity contribution in [3.63, 3.8) is 0 Å². The number of nitrogens with one attached hydrogen (secondary N) is 1.